The van der Waals surface area contributed by atoms with Crippen LogP contribution in [0.2, 0.25) is 0 Å². The van der Waals surface area contributed by atoms with Crippen molar-refractivity contribution in [3.8, 4) is 0 Å². The standard InChI is InChI=1S/C20H40N4O3.HI/c1-18(2,3)27-17(25)24-19(4,5)14-22-16(21-6)23-15-20(12-13-26-7)10-8-9-11-20;/h8-15H2,1-7H3,(H,24,25)(H2,21,22,23);1H. The second kappa shape index (κ2) is 12.0. The van der Waals surface area contributed by atoms with Crippen molar-refractivity contribution in [2.75, 3.05) is 33.9 Å². The van der Waals surface area contributed by atoms with Crippen molar-refractivity contribution in [3.63, 3.8) is 0 Å². The van der Waals surface area contributed by atoms with Crippen LogP contribution in [0.5, 0.6) is 0 Å². The van der Waals surface area contributed by atoms with Crippen LogP contribution in [0.1, 0.15) is 66.7 Å². The Balaban J connectivity index is 0.00000729. The van der Waals surface area contributed by atoms with Gasteiger partial charge in [-0.15, -0.1) is 24.0 Å². The zero-order valence-corrected chi connectivity index (χ0v) is 21.1. The van der Waals surface area contributed by atoms with E-state index in [0.29, 0.717) is 6.54 Å². The molecule has 0 aromatic heterocycles. The maximum absolute atomic E-state index is 12.0. The van der Waals surface area contributed by atoms with Gasteiger partial charge in [-0.1, -0.05) is 12.8 Å². The molecule has 0 heterocycles. The molecule has 0 saturated heterocycles. The van der Waals surface area contributed by atoms with Crippen LogP contribution in [0.25, 0.3) is 0 Å². The fourth-order valence-electron chi connectivity index (χ4n) is 3.38. The molecule has 0 spiro atoms. The second-order valence-electron chi connectivity index (χ2n) is 9.24. The summed E-state index contributed by atoms with van der Waals surface area (Å²) in [7, 11) is 3.52. The van der Waals surface area contributed by atoms with Crippen LogP contribution in [-0.4, -0.2) is 57.0 Å². The molecule has 1 fully saturated rings. The van der Waals surface area contributed by atoms with Gasteiger partial charge in [-0.25, -0.2) is 4.79 Å². The average molecular weight is 512 g/mol. The molecule has 0 bridgehead atoms. The Morgan fingerprint density at radius 2 is 1.71 bits per heavy atom. The maximum atomic E-state index is 12.0. The molecule has 0 aromatic rings. The van der Waals surface area contributed by atoms with Gasteiger partial charge in [-0.2, -0.15) is 0 Å². The van der Waals surface area contributed by atoms with Crippen molar-refractivity contribution in [3.05, 3.63) is 0 Å². The number of methoxy groups -OCH3 is 1. The first-order chi connectivity index (χ1) is 12.5. The minimum absolute atomic E-state index is 0. The van der Waals surface area contributed by atoms with Crippen molar-refractivity contribution in [2.45, 2.75) is 77.9 Å². The largest absolute Gasteiger partial charge is 0.444 e. The van der Waals surface area contributed by atoms with Crippen molar-refractivity contribution in [2.24, 2.45) is 10.4 Å². The molecule has 0 radical (unpaired) electrons. The van der Waals surface area contributed by atoms with Crippen molar-refractivity contribution >= 4 is 36.0 Å². The highest BCUT2D eigenvalue weighted by atomic mass is 127. The second-order valence-corrected chi connectivity index (χ2v) is 9.24. The lowest BCUT2D eigenvalue weighted by Gasteiger charge is -2.31. The molecule has 1 rings (SSSR count). The minimum atomic E-state index is -0.511. The van der Waals surface area contributed by atoms with Gasteiger partial charge in [0.2, 0.25) is 0 Å². The number of rotatable bonds is 8. The van der Waals surface area contributed by atoms with E-state index in [2.05, 4.69) is 20.9 Å². The summed E-state index contributed by atoms with van der Waals surface area (Å²) in [6, 6.07) is 0. The molecule has 1 aliphatic carbocycles. The predicted octanol–water partition coefficient (Wildman–Crippen LogP) is 3.67. The van der Waals surface area contributed by atoms with Crippen LogP contribution in [0.15, 0.2) is 4.99 Å². The lowest BCUT2D eigenvalue weighted by molar-refractivity contribution is 0.0474. The van der Waals surface area contributed by atoms with E-state index in [1.807, 2.05) is 34.6 Å². The number of aliphatic imine (C=N–C) groups is 1. The van der Waals surface area contributed by atoms with E-state index in [1.165, 1.54) is 25.7 Å². The van der Waals surface area contributed by atoms with Crippen LogP contribution >= 0.6 is 24.0 Å². The summed E-state index contributed by atoms with van der Waals surface area (Å²) < 4.78 is 10.6. The van der Waals surface area contributed by atoms with Crippen LogP contribution < -0.4 is 16.0 Å². The SMILES string of the molecule is CN=C(NCC1(CCOC)CCCC1)NCC(C)(C)NC(=O)OC(C)(C)C.I. The van der Waals surface area contributed by atoms with Gasteiger partial charge >= 0.3 is 6.09 Å². The van der Waals surface area contributed by atoms with Crippen LogP contribution in [0.4, 0.5) is 4.79 Å². The zero-order chi connectivity index (χ0) is 20.6. The van der Waals surface area contributed by atoms with Crippen LogP contribution in [-0.2, 0) is 9.47 Å². The van der Waals surface area contributed by atoms with Crippen LogP contribution in [0.3, 0.4) is 0 Å². The number of carbonyl (C=O) groups excluding carboxylic acids is 1. The first-order valence-corrected chi connectivity index (χ1v) is 9.95. The van der Waals surface area contributed by atoms with E-state index in [9.17, 15) is 4.79 Å². The first-order valence-electron chi connectivity index (χ1n) is 9.95. The fourth-order valence-corrected chi connectivity index (χ4v) is 3.38. The third-order valence-corrected chi connectivity index (χ3v) is 4.89. The summed E-state index contributed by atoms with van der Waals surface area (Å²) in [5.74, 6) is 0.748. The Labute approximate surface area is 188 Å². The number of amides is 1. The quantitative estimate of drug-likeness (QED) is 0.263. The monoisotopic (exact) mass is 512 g/mol. The van der Waals surface area contributed by atoms with Gasteiger partial charge in [0.25, 0.3) is 0 Å². The summed E-state index contributed by atoms with van der Waals surface area (Å²) >= 11 is 0. The number of alkyl carbamates (subject to hydrolysis) is 1. The number of halogens is 1. The highest BCUT2D eigenvalue weighted by Crippen LogP contribution is 2.40. The molecule has 0 unspecified atom stereocenters. The van der Waals surface area contributed by atoms with E-state index >= 15 is 0 Å². The molecule has 7 nitrogen and oxygen atoms in total. The molecule has 1 amide bonds. The van der Waals surface area contributed by atoms with Gasteiger partial charge < -0.3 is 25.4 Å². The van der Waals surface area contributed by atoms with Gasteiger partial charge in [0.15, 0.2) is 5.96 Å². The number of carbonyl (C=O) groups is 1. The first kappa shape index (κ1) is 27.2. The molecule has 0 aliphatic heterocycles. The predicted molar refractivity (Wildman–Crippen MR) is 126 cm³/mol. The third-order valence-electron chi connectivity index (χ3n) is 4.89. The number of hydrogen-bond acceptors (Lipinski definition) is 4. The summed E-state index contributed by atoms with van der Waals surface area (Å²) in [6.45, 7) is 11.7. The van der Waals surface area contributed by atoms with Gasteiger partial charge in [0.1, 0.15) is 5.60 Å². The molecule has 8 heteroatoms. The molecular formula is C20H41IN4O3. The van der Waals surface area contributed by atoms with Gasteiger partial charge in [0.05, 0.1) is 5.54 Å². The molecule has 166 valence electrons. The number of guanidine groups is 1. The molecule has 1 saturated carbocycles. The summed E-state index contributed by atoms with van der Waals surface area (Å²) in [4.78, 5) is 16.3. The van der Waals surface area contributed by atoms with E-state index in [0.717, 1.165) is 25.5 Å². The summed E-state index contributed by atoms with van der Waals surface area (Å²) in [5.41, 5.74) is -0.693. The molecule has 0 aromatic carbocycles. The Morgan fingerprint density at radius 3 is 2.21 bits per heavy atom. The third kappa shape index (κ3) is 10.7. The smallest absolute Gasteiger partial charge is 0.408 e. The van der Waals surface area contributed by atoms with Crippen molar-refractivity contribution in [1.82, 2.24) is 16.0 Å². The van der Waals surface area contributed by atoms with Crippen molar-refractivity contribution in [1.29, 1.82) is 0 Å². The van der Waals surface area contributed by atoms with Gasteiger partial charge in [-0.3, -0.25) is 4.99 Å². The minimum Gasteiger partial charge on any atom is -0.444 e. The number of nitrogens with zero attached hydrogens (tertiary/aromatic N) is 1. The van der Waals surface area contributed by atoms with E-state index in [4.69, 9.17) is 9.47 Å². The molecule has 28 heavy (non-hydrogen) atoms. The number of nitrogens with one attached hydrogen (secondary N) is 3. The van der Waals surface area contributed by atoms with Crippen molar-refractivity contribution < 1.29 is 14.3 Å². The average Bonchev–Trinajstić information content (AvgIpc) is 3.00. The lowest BCUT2D eigenvalue weighted by atomic mass is 9.83. The Morgan fingerprint density at radius 1 is 1.11 bits per heavy atom. The van der Waals surface area contributed by atoms with E-state index in [1.54, 1.807) is 14.2 Å². The highest BCUT2D eigenvalue weighted by Gasteiger charge is 2.33. The topological polar surface area (TPSA) is 84.0 Å². The summed E-state index contributed by atoms with van der Waals surface area (Å²) in [5, 5.41) is 9.68. The zero-order valence-electron chi connectivity index (χ0n) is 18.7. The highest BCUT2D eigenvalue weighted by molar-refractivity contribution is 14.0. The molecule has 3 N–H and O–H groups in total. The number of ether oxygens (including phenoxy) is 2. The summed E-state index contributed by atoms with van der Waals surface area (Å²) in [6.07, 6.45) is 5.67. The van der Waals surface area contributed by atoms with Gasteiger partial charge in [0, 0.05) is 33.9 Å². The van der Waals surface area contributed by atoms with Crippen LogP contribution in [0, 0.1) is 5.41 Å². The molecular weight excluding hydrogens is 471 g/mol. The Hall–Kier alpha value is -0.770. The fraction of sp³-hybridized carbons (Fsp3) is 0.900. The van der Waals surface area contributed by atoms with E-state index < -0.39 is 17.2 Å². The van der Waals surface area contributed by atoms with Gasteiger partial charge in [-0.05, 0) is 59.3 Å². The lowest BCUT2D eigenvalue weighted by Crippen LogP contribution is -2.54. The Bertz CT molecular complexity index is 498. The normalized spacial score (nSPS) is 16.9. The van der Waals surface area contributed by atoms with E-state index in [-0.39, 0.29) is 29.4 Å². The number of hydrogen-bond donors (Lipinski definition) is 3. The molecule has 1 aliphatic rings. The molecule has 0 atom stereocenters. The Kier molecular flexibility index (Phi) is 11.7. The maximum Gasteiger partial charge on any atom is 0.408 e.